The summed E-state index contributed by atoms with van der Waals surface area (Å²) in [6.07, 6.45) is -6.32. The number of rotatable bonds is 2. The summed E-state index contributed by atoms with van der Waals surface area (Å²) in [4.78, 5) is 0. The van der Waals surface area contributed by atoms with Gasteiger partial charge in [0.25, 0.3) is 0 Å². The van der Waals surface area contributed by atoms with E-state index in [-0.39, 0.29) is 0 Å². The first kappa shape index (κ1) is 12.4. The van der Waals surface area contributed by atoms with Crippen LogP contribution in [0, 0.1) is 11.3 Å². The van der Waals surface area contributed by atoms with Gasteiger partial charge in [-0.1, -0.05) is 24.3 Å². The molecule has 1 fully saturated rings. The van der Waals surface area contributed by atoms with Crippen molar-refractivity contribution < 1.29 is 19.3 Å². The average Bonchev–Trinajstić information content (AvgIpc) is 3.20. The van der Waals surface area contributed by atoms with Crippen LogP contribution in [0.5, 0.6) is 0 Å². The standard InChI is InChI=1S/C16H10F3NO/c17-16(18,19)13-7-5-12(6-8-13)15-14(21-15)11-3-1-10(9-20)2-4-11/h1-8,14-15H/t14-,15-/m0/s1/i15D. The van der Waals surface area contributed by atoms with Crippen molar-refractivity contribution in [2.75, 3.05) is 0 Å². The number of ether oxygens (including phenoxy) is 1. The van der Waals surface area contributed by atoms with Crippen LogP contribution < -0.4 is 0 Å². The Labute approximate surface area is 120 Å². The third-order valence-corrected chi connectivity index (χ3v) is 3.26. The van der Waals surface area contributed by atoms with Gasteiger partial charge in [0.05, 0.1) is 18.6 Å². The number of alkyl halides is 3. The zero-order valence-electron chi connectivity index (χ0n) is 11.7. The number of benzene rings is 2. The summed E-state index contributed by atoms with van der Waals surface area (Å²) in [6, 6.07) is 13.0. The van der Waals surface area contributed by atoms with Gasteiger partial charge in [0.2, 0.25) is 0 Å². The molecule has 0 amide bonds. The van der Waals surface area contributed by atoms with Crippen molar-refractivity contribution >= 4 is 0 Å². The molecule has 0 unspecified atom stereocenters. The van der Waals surface area contributed by atoms with Gasteiger partial charge >= 0.3 is 6.18 Å². The van der Waals surface area contributed by atoms with E-state index in [1.165, 1.54) is 12.1 Å². The minimum atomic E-state index is -4.40. The highest BCUT2D eigenvalue weighted by Gasteiger charge is 2.41. The molecule has 106 valence electrons. The molecule has 2 aromatic carbocycles. The molecule has 1 aliphatic heterocycles. The summed E-state index contributed by atoms with van der Waals surface area (Å²) in [7, 11) is 0. The van der Waals surface area contributed by atoms with E-state index in [1.54, 1.807) is 24.3 Å². The summed E-state index contributed by atoms with van der Waals surface area (Å²) < 4.78 is 51.2. The number of nitrogens with zero attached hydrogens (tertiary/aromatic N) is 1. The van der Waals surface area contributed by atoms with Gasteiger partial charge in [0.1, 0.15) is 12.2 Å². The third kappa shape index (κ3) is 2.76. The predicted octanol–water partition coefficient (Wildman–Crippen LogP) is 4.39. The van der Waals surface area contributed by atoms with Crippen molar-refractivity contribution in [1.29, 1.82) is 5.26 Å². The Balaban J connectivity index is 1.82. The van der Waals surface area contributed by atoms with Crippen LogP contribution in [0.2, 0.25) is 0 Å². The van der Waals surface area contributed by atoms with Gasteiger partial charge < -0.3 is 4.74 Å². The topological polar surface area (TPSA) is 36.3 Å². The second-order valence-corrected chi connectivity index (χ2v) is 4.67. The maximum absolute atomic E-state index is 12.5. The van der Waals surface area contributed by atoms with Crippen LogP contribution in [0.1, 0.15) is 35.8 Å². The van der Waals surface area contributed by atoms with Gasteiger partial charge in [0, 0.05) is 0 Å². The second-order valence-electron chi connectivity index (χ2n) is 4.67. The van der Waals surface area contributed by atoms with E-state index in [2.05, 4.69) is 0 Å². The molecule has 1 heterocycles. The quantitative estimate of drug-likeness (QED) is 0.769. The Morgan fingerprint density at radius 2 is 1.57 bits per heavy atom. The van der Waals surface area contributed by atoms with Crippen molar-refractivity contribution in [2.45, 2.75) is 18.4 Å². The lowest BCUT2D eigenvalue weighted by Crippen LogP contribution is -2.04. The normalized spacial score (nSPS) is 25.0. The second kappa shape index (κ2) is 4.90. The van der Waals surface area contributed by atoms with Crippen molar-refractivity contribution in [3.05, 3.63) is 70.8 Å². The Hall–Kier alpha value is -2.32. The first-order valence-corrected chi connectivity index (χ1v) is 6.20. The minimum absolute atomic E-state index is 0.370. The summed E-state index contributed by atoms with van der Waals surface area (Å²) >= 11 is 0. The summed E-state index contributed by atoms with van der Waals surface area (Å²) in [6.45, 7) is 0. The molecule has 1 saturated heterocycles. The lowest BCUT2D eigenvalue weighted by Gasteiger charge is -2.06. The highest BCUT2D eigenvalue weighted by molar-refractivity contribution is 5.36. The van der Waals surface area contributed by atoms with Gasteiger partial charge in [-0.3, -0.25) is 0 Å². The SMILES string of the molecule is [2H][C@@]1(c2ccc(C(F)(F)F)cc2)O[C@H]1c1ccc(C#N)cc1. The number of halogens is 3. The highest BCUT2D eigenvalue weighted by Crippen LogP contribution is 2.51. The molecule has 2 aromatic rings. The van der Waals surface area contributed by atoms with Crippen molar-refractivity contribution in [1.82, 2.24) is 0 Å². The number of hydrogen-bond acceptors (Lipinski definition) is 2. The van der Waals surface area contributed by atoms with Crippen LogP contribution in [-0.2, 0) is 10.9 Å². The number of epoxide rings is 1. The predicted molar refractivity (Wildman–Crippen MR) is 69.2 cm³/mol. The molecule has 0 N–H and O–H groups in total. The molecular formula is C16H10F3NO. The fraction of sp³-hybridized carbons (Fsp3) is 0.188. The fourth-order valence-electron chi connectivity index (χ4n) is 2.09. The van der Waals surface area contributed by atoms with Gasteiger partial charge in [-0.15, -0.1) is 0 Å². The Bertz CT molecular complexity index is 734. The lowest BCUT2D eigenvalue weighted by molar-refractivity contribution is -0.137. The molecule has 5 heteroatoms. The molecule has 0 aromatic heterocycles. The maximum atomic E-state index is 12.5. The highest BCUT2D eigenvalue weighted by atomic mass is 19.4. The molecule has 3 rings (SSSR count). The summed E-state index contributed by atoms with van der Waals surface area (Å²) in [5.41, 5.74) is 0.827. The van der Waals surface area contributed by atoms with Gasteiger partial charge in [0.15, 0.2) is 0 Å². The zero-order chi connectivity index (χ0) is 16.0. The monoisotopic (exact) mass is 290 g/mol. The van der Waals surface area contributed by atoms with E-state index < -0.39 is 23.9 Å². The molecule has 0 bridgehead atoms. The Morgan fingerprint density at radius 3 is 2.10 bits per heavy atom. The van der Waals surface area contributed by atoms with E-state index in [0.29, 0.717) is 16.7 Å². The molecule has 2 nitrogen and oxygen atoms in total. The van der Waals surface area contributed by atoms with E-state index in [1.807, 2.05) is 6.07 Å². The maximum Gasteiger partial charge on any atom is 0.416 e. The van der Waals surface area contributed by atoms with E-state index in [4.69, 9.17) is 11.4 Å². The van der Waals surface area contributed by atoms with Crippen molar-refractivity contribution in [3.8, 4) is 6.07 Å². The Morgan fingerprint density at radius 1 is 1.00 bits per heavy atom. The fourth-order valence-corrected chi connectivity index (χ4v) is 2.09. The molecule has 1 aliphatic rings. The van der Waals surface area contributed by atoms with Crippen LogP contribution in [0.15, 0.2) is 48.5 Å². The van der Waals surface area contributed by atoms with Crippen LogP contribution in [-0.4, -0.2) is 0 Å². The third-order valence-electron chi connectivity index (χ3n) is 3.26. The smallest absolute Gasteiger partial charge is 0.359 e. The van der Waals surface area contributed by atoms with Crippen molar-refractivity contribution in [2.24, 2.45) is 0 Å². The molecule has 0 aliphatic carbocycles. The van der Waals surface area contributed by atoms with E-state index in [9.17, 15) is 13.2 Å². The molecule has 0 radical (unpaired) electrons. The molecule has 0 spiro atoms. The minimum Gasteiger partial charge on any atom is -0.359 e. The Kier molecular flexibility index (Phi) is 2.90. The molecular weight excluding hydrogens is 279 g/mol. The number of hydrogen-bond donors (Lipinski definition) is 0. The molecule has 21 heavy (non-hydrogen) atoms. The number of nitriles is 1. The van der Waals surface area contributed by atoms with Crippen LogP contribution >= 0.6 is 0 Å². The lowest BCUT2D eigenvalue weighted by atomic mass is 10.0. The summed E-state index contributed by atoms with van der Waals surface area (Å²) in [5, 5.41) is 8.74. The first-order valence-electron chi connectivity index (χ1n) is 6.70. The summed E-state index contributed by atoms with van der Waals surface area (Å²) in [5.74, 6) is 0. The van der Waals surface area contributed by atoms with E-state index in [0.717, 1.165) is 12.1 Å². The first-order chi connectivity index (χ1) is 10.3. The van der Waals surface area contributed by atoms with E-state index >= 15 is 0 Å². The van der Waals surface area contributed by atoms with Crippen molar-refractivity contribution in [3.63, 3.8) is 0 Å². The average molecular weight is 290 g/mol. The molecule has 0 saturated carbocycles. The van der Waals surface area contributed by atoms with Gasteiger partial charge in [-0.05, 0) is 35.4 Å². The largest absolute Gasteiger partial charge is 0.416 e. The van der Waals surface area contributed by atoms with Gasteiger partial charge in [-0.25, -0.2) is 0 Å². The van der Waals surface area contributed by atoms with Crippen LogP contribution in [0.4, 0.5) is 13.2 Å². The van der Waals surface area contributed by atoms with Crippen LogP contribution in [0.3, 0.4) is 0 Å². The van der Waals surface area contributed by atoms with Gasteiger partial charge in [-0.2, -0.15) is 18.4 Å². The van der Waals surface area contributed by atoms with Crippen LogP contribution in [0.25, 0.3) is 0 Å². The zero-order valence-corrected chi connectivity index (χ0v) is 10.7. The molecule has 2 atom stereocenters.